The number of ether oxygens (including phenoxy) is 4. The first kappa shape index (κ1) is 22.9. The molecule has 1 amide bonds. The zero-order valence-electron chi connectivity index (χ0n) is 17.7. The van der Waals surface area contributed by atoms with E-state index < -0.39 is 5.91 Å². The van der Waals surface area contributed by atoms with Gasteiger partial charge in [-0.25, -0.2) is 0 Å². The molecule has 9 heteroatoms. The molecule has 0 N–H and O–H groups in total. The first-order valence-corrected chi connectivity index (χ1v) is 10.5. The molecular weight excluding hydrogens is 440 g/mol. The van der Waals surface area contributed by atoms with E-state index in [1.165, 1.54) is 38.7 Å². The summed E-state index contributed by atoms with van der Waals surface area (Å²) >= 11 is 7.51. The van der Waals surface area contributed by atoms with Gasteiger partial charge in [0.05, 0.1) is 38.2 Å². The molecule has 0 saturated carbocycles. The normalized spacial score (nSPS) is 12.0. The second-order valence-electron chi connectivity index (χ2n) is 6.38. The van der Waals surface area contributed by atoms with Crippen LogP contribution in [0.2, 0.25) is 5.02 Å². The zero-order chi connectivity index (χ0) is 22.4. The molecule has 164 valence electrons. The fourth-order valence-corrected chi connectivity index (χ4v) is 4.37. The summed E-state index contributed by atoms with van der Waals surface area (Å²) in [5.74, 6) is 1.10. The van der Waals surface area contributed by atoms with Gasteiger partial charge in [-0.2, -0.15) is 4.99 Å². The van der Waals surface area contributed by atoms with Gasteiger partial charge >= 0.3 is 0 Å². The smallest absolute Gasteiger partial charge is 0.272 e. The van der Waals surface area contributed by atoms with Crippen LogP contribution >= 0.6 is 22.9 Å². The van der Waals surface area contributed by atoms with Gasteiger partial charge in [0.2, 0.25) is 5.75 Å². The predicted octanol–water partition coefficient (Wildman–Crippen LogP) is 4.17. The quantitative estimate of drug-likeness (QED) is 0.470. The fraction of sp³-hybridized carbons (Fsp3) is 0.273. The number of carbonyl (C=O) groups excluding carboxylic acids is 1. The average Bonchev–Trinajstić information content (AvgIpc) is 3.10. The highest BCUT2D eigenvalue weighted by molar-refractivity contribution is 7.16. The fourth-order valence-electron chi connectivity index (χ4n) is 3.03. The van der Waals surface area contributed by atoms with Gasteiger partial charge in [-0.15, -0.1) is 0 Å². The molecule has 0 atom stereocenters. The van der Waals surface area contributed by atoms with Gasteiger partial charge < -0.3 is 23.5 Å². The minimum Gasteiger partial charge on any atom is -0.493 e. The van der Waals surface area contributed by atoms with Crippen LogP contribution in [-0.4, -0.2) is 45.5 Å². The SMILES string of the molecule is COCCn1c(=NC(=O)C=Cc2cc(OC)c(OC)c(OC)c2)sc2cc(Cl)ccc21. The predicted molar refractivity (Wildman–Crippen MR) is 122 cm³/mol. The van der Waals surface area contributed by atoms with E-state index in [4.69, 9.17) is 30.5 Å². The maximum atomic E-state index is 12.6. The van der Waals surface area contributed by atoms with Crippen molar-refractivity contribution in [3.63, 3.8) is 0 Å². The zero-order valence-corrected chi connectivity index (χ0v) is 19.2. The van der Waals surface area contributed by atoms with Crippen LogP contribution < -0.4 is 19.0 Å². The summed E-state index contributed by atoms with van der Waals surface area (Å²) in [6, 6.07) is 9.10. The summed E-state index contributed by atoms with van der Waals surface area (Å²) < 4.78 is 24.1. The summed E-state index contributed by atoms with van der Waals surface area (Å²) in [4.78, 5) is 17.4. The van der Waals surface area contributed by atoms with Gasteiger partial charge in [-0.3, -0.25) is 4.79 Å². The molecular formula is C22H23ClN2O5S. The molecule has 0 aliphatic heterocycles. The lowest BCUT2D eigenvalue weighted by atomic mass is 10.1. The molecule has 3 aromatic rings. The Morgan fingerprint density at radius 2 is 1.81 bits per heavy atom. The van der Waals surface area contributed by atoms with E-state index in [1.54, 1.807) is 25.3 Å². The van der Waals surface area contributed by atoms with Gasteiger partial charge in [0.15, 0.2) is 16.3 Å². The molecule has 0 aliphatic rings. The Bertz CT molecular complexity index is 1160. The Balaban J connectivity index is 1.95. The minimum absolute atomic E-state index is 0.391. The molecule has 2 aromatic carbocycles. The summed E-state index contributed by atoms with van der Waals surface area (Å²) in [6.07, 6.45) is 3.05. The number of hydrogen-bond donors (Lipinski definition) is 0. The number of amides is 1. The summed E-state index contributed by atoms with van der Waals surface area (Å²) in [7, 11) is 6.25. The molecule has 3 rings (SSSR count). The van der Waals surface area contributed by atoms with Gasteiger partial charge in [-0.1, -0.05) is 22.9 Å². The molecule has 1 heterocycles. The lowest BCUT2D eigenvalue weighted by Gasteiger charge is -2.12. The molecule has 0 unspecified atom stereocenters. The molecule has 0 aliphatic carbocycles. The number of fused-ring (bicyclic) bond motifs is 1. The Kier molecular flexibility index (Phi) is 7.73. The van der Waals surface area contributed by atoms with Crippen molar-refractivity contribution in [1.82, 2.24) is 4.57 Å². The Labute approximate surface area is 189 Å². The number of aromatic nitrogens is 1. The second kappa shape index (κ2) is 10.5. The maximum absolute atomic E-state index is 12.6. The number of benzene rings is 2. The van der Waals surface area contributed by atoms with Crippen LogP contribution in [0.4, 0.5) is 0 Å². The first-order chi connectivity index (χ1) is 15.0. The van der Waals surface area contributed by atoms with Crippen molar-refractivity contribution >= 4 is 45.1 Å². The maximum Gasteiger partial charge on any atom is 0.272 e. The van der Waals surface area contributed by atoms with Gasteiger partial charge in [-0.05, 0) is 42.0 Å². The van der Waals surface area contributed by atoms with Crippen LogP contribution in [-0.2, 0) is 16.1 Å². The van der Waals surface area contributed by atoms with Gasteiger partial charge in [0, 0.05) is 24.8 Å². The average molecular weight is 463 g/mol. The number of hydrogen-bond acceptors (Lipinski definition) is 6. The van der Waals surface area contributed by atoms with Crippen molar-refractivity contribution < 1.29 is 23.7 Å². The van der Waals surface area contributed by atoms with Gasteiger partial charge in [0.25, 0.3) is 5.91 Å². The summed E-state index contributed by atoms with van der Waals surface area (Å²) in [5.41, 5.74) is 1.67. The minimum atomic E-state index is -0.391. The molecule has 1 aromatic heterocycles. The Morgan fingerprint density at radius 1 is 1.10 bits per heavy atom. The molecule has 31 heavy (non-hydrogen) atoms. The van der Waals surface area contributed by atoms with E-state index in [9.17, 15) is 4.79 Å². The third-order valence-corrected chi connectivity index (χ3v) is 5.75. The van der Waals surface area contributed by atoms with Crippen LogP contribution in [0.1, 0.15) is 5.56 Å². The topological polar surface area (TPSA) is 71.3 Å². The number of methoxy groups -OCH3 is 4. The Morgan fingerprint density at radius 3 is 2.42 bits per heavy atom. The second-order valence-corrected chi connectivity index (χ2v) is 7.83. The van der Waals surface area contributed by atoms with Crippen molar-refractivity contribution in [2.75, 3.05) is 35.0 Å². The molecule has 0 saturated heterocycles. The van der Waals surface area contributed by atoms with Crippen LogP contribution in [0.3, 0.4) is 0 Å². The van der Waals surface area contributed by atoms with E-state index in [0.29, 0.717) is 45.8 Å². The largest absolute Gasteiger partial charge is 0.493 e. The van der Waals surface area contributed by atoms with Crippen molar-refractivity contribution in [2.24, 2.45) is 4.99 Å². The Hall–Kier alpha value is -2.81. The number of thiazole rings is 1. The van der Waals surface area contributed by atoms with Crippen LogP contribution in [0.15, 0.2) is 41.4 Å². The van der Waals surface area contributed by atoms with E-state index >= 15 is 0 Å². The molecule has 0 bridgehead atoms. The van der Waals surface area contributed by atoms with E-state index in [-0.39, 0.29) is 0 Å². The van der Waals surface area contributed by atoms with E-state index in [2.05, 4.69) is 4.99 Å². The van der Waals surface area contributed by atoms with E-state index in [0.717, 1.165) is 10.2 Å². The third kappa shape index (κ3) is 5.28. The van der Waals surface area contributed by atoms with Crippen molar-refractivity contribution in [2.45, 2.75) is 6.54 Å². The molecule has 0 spiro atoms. The van der Waals surface area contributed by atoms with Crippen molar-refractivity contribution in [1.29, 1.82) is 0 Å². The van der Waals surface area contributed by atoms with Crippen LogP contribution in [0.25, 0.3) is 16.3 Å². The van der Waals surface area contributed by atoms with E-state index in [1.807, 2.05) is 22.8 Å². The first-order valence-electron chi connectivity index (χ1n) is 9.35. The van der Waals surface area contributed by atoms with Crippen LogP contribution in [0, 0.1) is 0 Å². The lowest BCUT2D eigenvalue weighted by molar-refractivity contribution is -0.113. The summed E-state index contributed by atoms with van der Waals surface area (Å²) in [6.45, 7) is 1.07. The van der Waals surface area contributed by atoms with Gasteiger partial charge in [0.1, 0.15) is 0 Å². The van der Waals surface area contributed by atoms with Crippen molar-refractivity contribution in [3.8, 4) is 17.2 Å². The highest BCUT2D eigenvalue weighted by atomic mass is 35.5. The number of halogens is 1. The number of rotatable bonds is 8. The highest BCUT2D eigenvalue weighted by Crippen LogP contribution is 2.38. The summed E-state index contributed by atoms with van der Waals surface area (Å²) in [5, 5.41) is 0.632. The number of nitrogens with zero attached hydrogens (tertiary/aromatic N) is 2. The standard InChI is InChI=1S/C22H23ClN2O5S/c1-27-10-9-25-16-7-6-15(23)13-19(16)31-22(25)24-20(26)8-5-14-11-17(28-2)21(30-4)18(12-14)29-3/h5-8,11-13H,9-10H2,1-4H3. The highest BCUT2D eigenvalue weighted by Gasteiger charge is 2.12. The number of carbonyl (C=O) groups is 1. The third-order valence-electron chi connectivity index (χ3n) is 4.48. The lowest BCUT2D eigenvalue weighted by Crippen LogP contribution is -2.18. The molecule has 0 radical (unpaired) electrons. The van der Waals surface area contributed by atoms with Crippen LogP contribution in [0.5, 0.6) is 17.2 Å². The monoisotopic (exact) mass is 462 g/mol. The molecule has 7 nitrogen and oxygen atoms in total. The molecule has 0 fully saturated rings. The van der Waals surface area contributed by atoms with Crippen molar-refractivity contribution in [3.05, 3.63) is 51.8 Å².